The van der Waals surface area contributed by atoms with E-state index in [9.17, 15) is 0 Å². The molecule has 0 aliphatic carbocycles. The topological polar surface area (TPSA) is 12.0 Å². The van der Waals surface area contributed by atoms with E-state index in [4.69, 9.17) is 0 Å². The highest BCUT2D eigenvalue weighted by Crippen LogP contribution is 2.13. The summed E-state index contributed by atoms with van der Waals surface area (Å²) in [5.74, 6) is 0.595. The van der Waals surface area contributed by atoms with Crippen molar-refractivity contribution in [3.05, 3.63) is 23.9 Å². The zero-order valence-electron chi connectivity index (χ0n) is 6.89. The van der Waals surface area contributed by atoms with Crippen LogP contribution >= 0.6 is 0 Å². The van der Waals surface area contributed by atoms with Crippen LogP contribution in [0.15, 0.2) is 23.9 Å². The molecular formula is C9H15N. The molecule has 1 aliphatic rings. The van der Waals surface area contributed by atoms with Gasteiger partial charge in [-0.2, -0.15) is 0 Å². The third-order valence-corrected chi connectivity index (χ3v) is 1.98. The maximum atomic E-state index is 3.25. The van der Waals surface area contributed by atoms with Crippen molar-refractivity contribution in [3.8, 4) is 0 Å². The second-order valence-corrected chi connectivity index (χ2v) is 3.01. The van der Waals surface area contributed by atoms with Crippen LogP contribution in [-0.4, -0.2) is 6.04 Å². The lowest BCUT2D eigenvalue weighted by molar-refractivity contribution is 0.768. The lowest BCUT2D eigenvalue weighted by Gasteiger charge is -2.05. The Bertz CT molecular complexity index is 168. The van der Waals surface area contributed by atoms with Crippen molar-refractivity contribution in [3.63, 3.8) is 0 Å². The van der Waals surface area contributed by atoms with Crippen molar-refractivity contribution in [1.82, 2.24) is 5.32 Å². The van der Waals surface area contributed by atoms with Crippen LogP contribution in [0.1, 0.15) is 20.8 Å². The molecule has 0 spiro atoms. The molecular weight excluding hydrogens is 122 g/mol. The molecule has 0 aromatic carbocycles. The van der Waals surface area contributed by atoms with E-state index in [1.807, 2.05) is 6.20 Å². The van der Waals surface area contributed by atoms with Gasteiger partial charge < -0.3 is 5.32 Å². The fraction of sp³-hybridized carbons (Fsp3) is 0.556. The van der Waals surface area contributed by atoms with Crippen molar-refractivity contribution in [2.75, 3.05) is 0 Å². The van der Waals surface area contributed by atoms with E-state index < -0.39 is 0 Å². The van der Waals surface area contributed by atoms with Gasteiger partial charge in [0.1, 0.15) is 0 Å². The van der Waals surface area contributed by atoms with Gasteiger partial charge in [-0.1, -0.05) is 24.6 Å². The zero-order valence-corrected chi connectivity index (χ0v) is 6.89. The molecule has 56 valence electrons. The Kier molecular flexibility index (Phi) is 2.15. The maximum absolute atomic E-state index is 3.25. The van der Waals surface area contributed by atoms with Crippen molar-refractivity contribution >= 4 is 0 Å². The molecule has 1 nitrogen and oxygen atoms in total. The van der Waals surface area contributed by atoms with Gasteiger partial charge in [0.2, 0.25) is 0 Å². The first-order valence-corrected chi connectivity index (χ1v) is 3.81. The Hall–Kier alpha value is -0.720. The van der Waals surface area contributed by atoms with Gasteiger partial charge >= 0.3 is 0 Å². The van der Waals surface area contributed by atoms with Gasteiger partial charge in [0.15, 0.2) is 0 Å². The average Bonchev–Trinajstić information content (AvgIpc) is 1.96. The summed E-state index contributed by atoms with van der Waals surface area (Å²) < 4.78 is 0. The van der Waals surface area contributed by atoms with Crippen LogP contribution in [0.25, 0.3) is 0 Å². The molecule has 0 radical (unpaired) electrons. The highest BCUT2D eigenvalue weighted by molar-refractivity contribution is 5.15. The summed E-state index contributed by atoms with van der Waals surface area (Å²) >= 11 is 0. The molecule has 0 saturated heterocycles. The Balaban J connectivity index is 2.74. The normalized spacial score (nSPS) is 32.5. The monoisotopic (exact) mass is 137 g/mol. The largest absolute Gasteiger partial charge is 0.385 e. The standard InChI is InChI=1S/C9H15N/c1-7-4-5-10-9(3)6-8(7)2/h4-7,9-10H,1-3H3/t7-,9-/m1/s1. The Morgan fingerprint density at radius 3 is 2.80 bits per heavy atom. The number of hydrogen-bond donors (Lipinski definition) is 1. The predicted octanol–water partition coefficient (Wildman–Crippen LogP) is 2.07. The van der Waals surface area contributed by atoms with Crippen LogP contribution in [-0.2, 0) is 0 Å². The van der Waals surface area contributed by atoms with Crippen molar-refractivity contribution < 1.29 is 0 Å². The molecule has 0 aromatic heterocycles. The third-order valence-electron chi connectivity index (χ3n) is 1.98. The molecule has 0 saturated carbocycles. The van der Waals surface area contributed by atoms with E-state index >= 15 is 0 Å². The third kappa shape index (κ3) is 1.63. The van der Waals surface area contributed by atoms with E-state index in [0.717, 1.165) is 0 Å². The van der Waals surface area contributed by atoms with Crippen LogP contribution in [0.3, 0.4) is 0 Å². The Labute approximate surface area is 62.8 Å². The molecule has 0 bridgehead atoms. The molecule has 0 amide bonds. The smallest absolute Gasteiger partial charge is 0.0413 e. The van der Waals surface area contributed by atoms with Gasteiger partial charge in [0, 0.05) is 6.04 Å². The molecule has 1 rings (SSSR count). The average molecular weight is 137 g/mol. The first-order chi connectivity index (χ1) is 4.70. The summed E-state index contributed by atoms with van der Waals surface area (Å²) in [7, 11) is 0. The second kappa shape index (κ2) is 2.91. The van der Waals surface area contributed by atoms with Gasteiger partial charge in [-0.15, -0.1) is 0 Å². The predicted molar refractivity (Wildman–Crippen MR) is 44.7 cm³/mol. The summed E-state index contributed by atoms with van der Waals surface area (Å²) in [6.45, 7) is 6.55. The number of rotatable bonds is 0. The summed E-state index contributed by atoms with van der Waals surface area (Å²) in [5.41, 5.74) is 1.45. The van der Waals surface area contributed by atoms with Gasteiger partial charge in [0.25, 0.3) is 0 Å². The summed E-state index contributed by atoms with van der Waals surface area (Å²) in [6.07, 6.45) is 6.50. The quantitative estimate of drug-likeness (QED) is 0.504. The second-order valence-electron chi connectivity index (χ2n) is 3.01. The molecule has 1 heterocycles. The Morgan fingerprint density at radius 1 is 1.40 bits per heavy atom. The van der Waals surface area contributed by atoms with E-state index in [-0.39, 0.29) is 0 Å². The number of nitrogens with one attached hydrogen (secondary N) is 1. The number of hydrogen-bond acceptors (Lipinski definition) is 1. The SMILES string of the molecule is CC1=C[C@@H](C)NC=C[C@H]1C. The van der Waals surface area contributed by atoms with Gasteiger partial charge in [-0.25, -0.2) is 0 Å². The number of allylic oxidation sites excluding steroid dienone is 2. The van der Waals surface area contributed by atoms with E-state index in [0.29, 0.717) is 12.0 Å². The van der Waals surface area contributed by atoms with Crippen molar-refractivity contribution in [1.29, 1.82) is 0 Å². The van der Waals surface area contributed by atoms with Crippen molar-refractivity contribution in [2.24, 2.45) is 5.92 Å². The molecule has 0 aromatic rings. The minimum absolute atomic E-state index is 0.487. The minimum Gasteiger partial charge on any atom is -0.385 e. The van der Waals surface area contributed by atoms with Crippen LogP contribution in [0.4, 0.5) is 0 Å². The summed E-state index contributed by atoms with van der Waals surface area (Å²) in [4.78, 5) is 0. The molecule has 10 heavy (non-hydrogen) atoms. The molecule has 1 aliphatic heterocycles. The van der Waals surface area contributed by atoms with Gasteiger partial charge in [-0.05, 0) is 26.0 Å². The first-order valence-electron chi connectivity index (χ1n) is 3.81. The van der Waals surface area contributed by atoms with Crippen LogP contribution in [0.2, 0.25) is 0 Å². The molecule has 1 heteroatoms. The molecule has 2 atom stereocenters. The lowest BCUT2D eigenvalue weighted by atomic mass is 10.0. The molecule has 1 N–H and O–H groups in total. The minimum atomic E-state index is 0.487. The Morgan fingerprint density at radius 2 is 2.10 bits per heavy atom. The molecule has 0 unspecified atom stereocenters. The van der Waals surface area contributed by atoms with Gasteiger partial charge in [-0.3, -0.25) is 0 Å². The van der Waals surface area contributed by atoms with Crippen LogP contribution in [0.5, 0.6) is 0 Å². The van der Waals surface area contributed by atoms with Crippen LogP contribution < -0.4 is 5.32 Å². The first kappa shape index (κ1) is 7.39. The summed E-state index contributed by atoms with van der Waals surface area (Å²) in [6, 6.07) is 0.487. The summed E-state index contributed by atoms with van der Waals surface area (Å²) in [5, 5.41) is 3.25. The van der Waals surface area contributed by atoms with E-state index in [2.05, 4.69) is 38.2 Å². The maximum Gasteiger partial charge on any atom is 0.0413 e. The van der Waals surface area contributed by atoms with Gasteiger partial charge in [0.05, 0.1) is 0 Å². The van der Waals surface area contributed by atoms with Crippen LogP contribution in [0, 0.1) is 5.92 Å². The lowest BCUT2D eigenvalue weighted by Crippen LogP contribution is -2.16. The fourth-order valence-electron chi connectivity index (χ4n) is 1.10. The zero-order chi connectivity index (χ0) is 7.56. The fourth-order valence-corrected chi connectivity index (χ4v) is 1.10. The van der Waals surface area contributed by atoms with E-state index in [1.54, 1.807) is 0 Å². The van der Waals surface area contributed by atoms with E-state index in [1.165, 1.54) is 5.57 Å². The highest BCUT2D eigenvalue weighted by Gasteiger charge is 2.04. The molecule has 0 fully saturated rings. The highest BCUT2D eigenvalue weighted by atomic mass is 14.9. The van der Waals surface area contributed by atoms with Crippen molar-refractivity contribution in [2.45, 2.75) is 26.8 Å².